The van der Waals surface area contributed by atoms with Crippen molar-refractivity contribution in [2.45, 2.75) is 122 Å². The fourth-order valence-electron chi connectivity index (χ4n) is 3.71. The highest BCUT2D eigenvalue weighted by molar-refractivity contribution is 5.73. The fraction of sp³-hybridized carbons (Fsp3) is 0.952. The molecule has 1 aliphatic heterocycles. The number of aliphatic carboxylic acids is 1. The van der Waals surface area contributed by atoms with Crippen LogP contribution in [0.3, 0.4) is 0 Å². The van der Waals surface area contributed by atoms with E-state index in [9.17, 15) is 9.90 Å². The summed E-state index contributed by atoms with van der Waals surface area (Å²) in [6.07, 6.45) is 23.3. The van der Waals surface area contributed by atoms with Gasteiger partial charge in [0.05, 0.1) is 0 Å². The predicted molar refractivity (Wildman–Crippen MR) is 103 cm³/mol. The monoisotopic (exact) mass is 339 g/mol. The molecule has 0 bridgehead atoms. The van der Waals surface area contributed by atoms with E-state index in [1.165, 1.54) is 96.3 Å². The molecule has 3 nitrogen and oxygen atoms in total. The van der Waals surface area contributed by atoms with E-state index in [0.29, 0.717) is 0 Å². The van der Waals surface area contributed by atoms with Gasteiger partial charge < -0.3 is 10.4 Å². The van der Waals surface area contributed by atoms with Gasteiger partial charge in [-0.15, -0.1) is 0 Å². The Labute approximate surface area is 150 Å². The Balaban J connectivity index is 2.21. The van der Waals surface area contributed by atoms with Gasteiger partial charge in [-0.3, -0.25) is 4.79 Å². The Morgan fingerprint density at radius 2 is 0.917 bits per heavy atom. The molecule has 142 valence electrons. The first kappa shape index (κ1) is 21.5. The van der Waals surface area contributed by atoms with Gasteiger partial charge in [0.25, 0.3) is 0 Å². The highest BCUT2D eigenvalue weighted by Gasteiger charge is 2.15. The first-order valence-corrected chi connectivity index (χ1v) is 10.8. The second-order valence-electron chi connectivity index (χ2n) is 7.64. The third kappa shape index (κ3) is 12.8. The van der Waals surface area contributed by atoms with Crippen molar-refractivity contribution in [3.63, 3.8) is 0 Å². The van der Waals surface area contributed by atoms with Crippen molar-refractivity contribution in [3.8, 4) is 0 Å². The molecule has 3 heteroatoms. The first-order valence-electron chi connectivity index (χ1n) is 10.8. The molecule has 1 unspecified atom stereocenters. The second-order valence-corrected chi connectivity index (χ2v) is 7.64. The van der Waals surface area contributed by atoms with E-state index in [1.807, 2.05) is 0 Å². The smallest absolute Gasteiger partial charge is 0.320 e. The molecule has 1 rings (SSSR count). The van der Waals surface area contributed by atoms with Gasteiger partial charge in [-0.2, -0.15) is 0 Å². The van der Waals surface area contributed by atoms with E-state index in [0.717, 1.165) is 25.8 Å². The molecule has 0 aromatic heterocycles. The third-order valence-electron chi connectivity index (χ3n) is 5.36. The molecule has 1 saturated heterocycles. The van der Waals surface area contributed by atoms with Gasteiger partial charge in [-0.25, -0.2) is 0 Å². The number of carboxylic acid groups (broad SMARTS) is 1. The molecule has 0 aromatic rings. The van der Waals surface area contributed by atoms with Crippen LogP contribution in [-0.2, 0) is 4.79 Å². The molecule has 2 N–H and O–H groups in total. The maximum Gasteiger partial charge on any atom is 0.320 e. The van der Waals surface area contributed by atoms with E-state index in [-0.39, 0.29) is 6.04 Å². The van der Waals surface area contributed by atoms with Crippen molar-refractivity contribution in [3.05, 3.63) is 0 Å². The highest BCUT2D eigenvalue weighted by Crippen LogP contribution is 2.15. The molecule has 0 aromatic carbocycles. The summed E-state index contributed by atoms with van der Waals surface area (Å²) >= 11 is 0. The summed E-state index contributed by atoms with van der Waals surface area (Å²) < 4.78 is 0. The number of hydrogen-bond donors (Lipinski definition) is 2. The lowest BCUT2D eigenvalue weighted by Gasteiger charge is -2.14. The average Bonchev–Trinajstić information content (AvgIpc) is 2.57. The Morgan fingerprint density at radius 1 is 0.583 bits per heavy atom. The van der Waals surface area contributed by atoms with Crippen LogP contribution in [0.4, 0.5) is 0 Å². The number of carboxylic acids is 1. The molecule has 0 saturated carbocycles. The predicted octanol–water partition coefficient (Wildman–Crippen LogP) is 6.06. The van der Waals surface area contributed by atoms with Crippen LogP contribution >= 0.6 is 0 Å². The molecule has 0 radical (unpaired) electrons. The molecule has 1 fully saturated rings. The molecule has 0 aliphatic carbocycles. The number of carbonyl (C=O) groups is 1. The lowest BCUT2D eigenvalue weighted by Crippen LogP contribution is -2.37. The highest BCUT2D eigenvalue weighted by atomic mass is 16.4. The van der Waals surface area contributed by atoms with Crippen molar-refractivity contribution >= 4 is 5.97 Å². The van der Waals surface area contributed by atoms with Gasteiger partial charge in [0.2, 0.25) is 0 Å². The quantitative estimate of drug-likeness (QED) is 0.610. The van der Waals surface area contributed by atoms with E-state index in [4.69, 9.17) is 0 Å². The minimum Gasteiger partial charge on any atom is -0.480 e. The minimum absolute atomic E-state index is 0.334. The summed E-state index contributed by atoms with van der Waals surface area (Å²) in [5.74, 6) is -0.673. The van der Waals surface area contributed by atoms with Crippen LogP contribution in [0.1, 0.15) is 116 Å². The summed E-state index contributed by atoms with van der Waals surface area (Å²) in [6, 6.07) is -0.334. The van der Waals surface area contributed by atoms with Gasteiger partial charge in [0.15, 0.2) is 0 Å². The number of nitrogens with one attached hydrogen (secondary N) is 1. The van der Waals surface area contributed by atoms with Crippen molar-refractivity contribution < 1.29 is 9.90 Å². The normalized spacial score (nSPS) is 25.4. The van der Waals surface area contributed by atoms with Gasteiger partial charge in [0.1, 0.15) is 6.04 Å². The van der Waals surface area contributed by atoms with Crippen LogP contribution < -0.4 is 5.32 Å². The molecular formula is C21H41NO2. The first-order chi connectivity index (χ1) is 11.8. The Morgan fingerprint density at radius 3 is 1.29 bits per heavy atom. The SMILES string of the molecule is O=C(O)C1CCCCCCCCCCCCCCCCCCCN1. The maximum atomic E-state index is 11.3. The van der Waals surface area contributed by atoms with E-state index < -0.39 is 5.97 Å². The summed E-state index contributed by atoms with van der Waals surface area (Å²) in [6.45, 7) is 0.858. The van der Waals surface area contributed by atoms with Crippen LogP contribution in [0.5, 0.6) is 0 Å². The van der Waals surface area contributed by atoms with Gasteiger partial charge in [-0.05, 0) is 19.4 Å². The van der Waals surface area contributed by atoms with Crippen LogP contribution in [-0.4, -0.2) is 23.7 Å². The van der Waals surface area contributed by atoms with Crippen molar-refractivity contribution in [1.29, 1.82) is 0 Å². The van der Waals surface area contributed by atoms with Crippen LogP contribution in [0.25, 0.3) is 0 Å². The summed E-state index contributed by atoms with van der Waals surface area (Å²) in [7, 11) is 0. The molecule has 24 heavy (non-hydrogen) atoms. The largest absolute Gasteiger partial charge is 0.480 e. The average molecular weight is 340 g/mol. The fourth-order valence-corrected chi connectivity index (χ4v) is 3.71. The summed E-state index contributed by atoms with van der Waals surface area (Å²) in [5.41, 5.74) is 0. The van der Waals surface area contributed by atoms with Gasteiger partial charge in [0, 0.05) is 0 Å². The molecule has 0 spiro atoms. The van der Waals surface area contributed by atoms with Gasteiger partial charge in [-0.1, -0.05) is 103 Å². The number of hydrogen-bond acceptors (Lipinski definition) is 2. The summed E-state index contributed by atoms with van der Waals surface area (Å²) in [4.78, 5) is 11.3. The Hall–Kier alpha value is -0.570. The topological polar surface area (TPSA) is 49.3 Å². The van der Waals surface area contributed by atoms with Gasteiger partial charge >= 0.3 is 5.97 Å². The van der Waals surface area contributed by atoms with Crippen molar-refractivity contribution in [1.82, 2.24) is 5.32 Å². The minimum atomic E-state index is -0.673. The van der Waals surface area contributed by atoms with E-state index >= 15 is 0 Å². The third-order valence-corrected chi connectivity index (χ3v) is 5.36. The maximum absolute atomic E-state index is 11.3. The summed E-state index contributed by atoms with van der Waals surface area (Å²) in [5, 5.41) is 12.6. The van der Waals surface area contributed by atoms with E-state index in [2.05, 4.69) is 5.32 Å². The van der Waals surface area contributed by atoms with Crippen molar-refractivity contribution in [2.24, 2.45) is 0 Å². The zero-order chi connectivity index (χ0) is 17.3. The molecule has 1 aliphatic rings. The van der Waals surface area contributed by atoms with Crippen LogP contribution in [0.15, 0.2) is 0 Å². The van der Waals surface area contributed by atoms with Crippen LogP contribution in [0, 0.1) is 0 Å². The van der Waals surface area contributed by atoms with Crippen LogP contribution in [0.2, 0.25) is 0 Å². The Kier molecular flexibility index (Phi) is 14.3. The lowest BCUT2D eigenvalue weighted by atomic mass is 10.0. The molecule has 1 heterocycles. The second kappa shape index (κ2) is 15.9. The molecule has 0 amide bonds. The number of rotatable bonds is 1. The zero-order valence-electron chi connectivity index (χ0n) is 15.9. The van der Waals surface area contributed by atoms with Crippen molar-refractivity contribution in [2.75, 3.05) is 6.54 Å². The molecule has 1 atom stereocenters. The Bertz CT molecular complexity index is 272. The molecular weight excluding hydrogens is 298 g/mol. The lowest BCUT2D eigenvalue weighted by molar-refractivity contribution is -0.139. The van der Waals surface area contributed by atoms with E-state index in [1.54, 1.807) is 0 Å². The zero-order valence-corrected chi connectivity index (χ0v) is 15.9. The standard InChI is InChI=1S/C21H41NO2/c23-21(24)20-18-16-14-12-10-8-6-4-2-1-3-5-7-9-11-13-15-17-19-22-20/h20,22H,1-19H2,(H,23,24).